The number of rotatable bonds is 3. The maximum Gasteiger partial charge on any atom is 0.393 e. The van der Waals surface area contributed by atoms with Crippen molar-refractivity contribution in [3.63, 3.8) is 0 Å². The molecule has 0 amide bonds. The van der Waals surface area contributed by atoms with Crippen molar-refractivity contribution in [2.45, 2.75) is 12.6 Å². The molecular formula is C14H11F3I+. The molecule has 18 heavy (non-hydrogen) atoms. The number of hydrogen-bond acceptors (Lipinski definition) is 0. The van der Waals surface area contributed by atoms with E-state index < -0.39 is 33.8 Å². The fourth-order valence-corrected chi connectivity index (χ4v) is 3.98. The van der Waals surface area contributed by atoms with Crippen LogP contribution >= 0.6 is 0 Å². The largest absolute Gasteiger partial charge is 0.393 e. The van der Waals surface area contributed by atoms with Crippen LogP contribution in [0.3, 0.4) is 0 Å². The maximum atomic E-state index is 12.3. The van der Waals surface area contributed by atoms with E-state index in [2.05, 4.69) is 0 Å². The Balaban J connectivity index is 2.13. The summed E-state index contributed by atoms with van der Waals surface area (Å²) < 4.78 is 39.2. The van der Waals surface area contributed by atoms with E-state index in [1.165, 1.54) is 9.64 Å². The first kappa shape index (κ1) is 13.4. The van der Waals surface area contributed by atoms with Gasteiger partial charge >= 0.3 is 27.4 Å². The zero-order valence-electron chi connectivity index (χ0n) is 9.42. The van der Waals surface area contributed by atoms with Gasteiger partial charge in [-0.2, -0.15) is 13.2 Å². The second-order valence-electron chi connectivity index (χ2n) is 3.81. The monoisotopic (exact) mass is 363 g/mol. The van der Waals surface area contributed by atoms with Crippen molar-refractivity contribution in [1.82, 2.24) is 0 Å². The van der Waals surface area contributed by atoms with Crippen LogP contribution in [0.2, 0.25) is 0 Å². The first-order chi connectivity index (χ1) is 8.53. The van der Waals surface area contributed by atoms with E-state index in [0.717, 1.165) is 3.57 Å². The zero-order valence-corrected chi connectivity index (χ0v) is 11.6. The average Bonchev–Trinajstić information content (AvgIpc) is 2.28. The molecule has 0 unspecified atom stereocenters. The van der Waals surface area contributed by atoms with Gasteiger partial charge in [-0.05, 0) is 29.8 Å². The van der Waals surface area contributed by atoms with Gasteiger partial charge < -0.3 is 0 Å². The lowest BCUT2D eigenvalue weighted by atomic mass is 10.1. The highest BCUT2D eigenvalue weighted by Gasteiger charge is 2.28. The molecule has 0 bridgehead atoms. The summed E-state index contributed by atoms with van der Waals surface area (Å²) in [6.45, 7) is 0. The molecule has 0 heterocycles. The van der Waals surface area contributed by atoms with E-state index in [4.69, 9.17) is 0 Å². The molecular weight excluding hydrogens is 352 g/mol. The number of alkyl halides is 3. The molecule has 0 saturated heterocycles. The fraction of sp³-hybridized carbons (Fsp3) is 0.143. The predicted octanol–water partition coefficient (Wildman–Crippen LogP) is 0.920. The summed E-state index contributed by atoms with van der Waals surface area (Å²) in [5.41, 5.74) is 0.343. The highest BCUT2D eigenvalue weighted by molar-refractivity contribution is 5.15. The van der Waals surface area contributed by atoms with Crippen LogP contribution in [0.25, 0.3) is 0 Å². The highest BCUT2D eigenvalue weighted by Crippen LogP contribution is 2.20. The zero-order chi connectivity index (χ0) is 13.0. The van der Waals surface area contributed by atoms with Crippen LogP contribution in [0.4, 0.5) is 13.2 Å². The van der Waals surface area contributed by atoms with E-state index >= 15 is 0 Å². The van der Waals surface area contributed by atoms with Gasteiger partial charge in [0.25, 0.3) is 0 Å². The number of halogens is 4. The number of benzene rings is 2. The van der Waals surface area contributed by atoms with Gasteiger partial charge in [0, 0.05) is 0 Å². The summed E-state index contributed by atoms with van der Waals surface area (Å²) in [6, 6.07) is 16.7. The third-order valence-electron chi connectivity index (χ3n) is 2.24. The lowest BCUT2D eigenvalue weighted by Gasteiger charge is -2.04. The van der Waals surface area contributed by atoms with Gasteiger partial charge in [0.1, 0.15) is 0 Å². The first-order valence-electron chi connectivity index (χ1n) is 5.38. The van der Waals surface area contributed by atoms with E-state index in [1.54, 1.807) is 12.1 Å². The quantitative estimate of drug-likeness (QED) is 0.712. The molecule has 0 saturated carbocycles. The van der Waals surface area contributed by atoms with Gasteiger partial charge in [-0.15, -0.1) is 0 Å². The Morgan fingerprint density at radius 1 is 0.833 bits per heavy atom. The third kappa shape index (κ3) is 4.33. The minimum absolute atomic E-state index is 0.343. The van der Waals surface area contributed by atoms with Crippen molar-refractivity contribution in [1.29, 1.82) is 0 Å². The van der Waals surface area contributed by atoms with Gasteiger partial charge in [-0.1, -0.05) is 30.3 Å². The third-order valence-corrected chi connectivity index (χ3v) is 4.88. The van der Waals surface area contributed by atoms with Crippen molar-refractivity contribution >= 4 is 0 Å². The molecule has 0 aliphatic carbocycles. The lowest BCUT2D eigenvalue weighted by Crippen LogP contribution is -3.61. The molecule has 0 aromatic heterocycles. The van der Waals surface area contributed by atoms with Crippen molar-refractivity contribution in [3.8, 4) is 0 Å². The Bertz CT molecular complexity index is 506. The smallest absolute Gasteiger partial charge is 0.171 e. The molecule has 2 aromatic rings. The molecule has 0 nitrogen and oxygen atoms in total. The maximum absolute atomic E-state index is 12.3. The summed E-state index contributed by atoms with van der Waals surface area (Å²) in [5, 5.41) is 0. The molecule has 0 spiro atoms. The molecule has 94 valence electrons. The van der Waals surface area contributed by atoms with Gasteiger partial charge in [-0.3, -0.25) is 0 Å². The second-order valence-corrected chi connectivity index (χ2v) is 6.84. The normalized spacial score (nSPS) is 11.5. The fourth-order valence-electron chi connectivity index (χ4n) is 1.54. The van der Waals surface area contributed by atoms with Crippen LogP contribution in [0, 0.1) is 7.14 Å². The SMILES string of the molecule is FC(F)(F)Cc1cccc([I+]c2ccccc2)c1. The standard InChI is InChI=1S/C14H11F3I/c15-14(16,17)10-11-5-4-8-13(9-11)18-12-6-2-1-3-7-12/h1-9H,10H2/q+1. The Morgan fingerprint density at radius 3 is 2.17 bits per heavy atom. The molecule has 0 aliphatic heterocycles. The van der Waals surface area contributed by atoms with Crippen LogP contribution in [-0.4, -0.2) is 6.18 Å². The Hall–Kier alpha value is -1.04. The summed E-state index contributed by atoms with van der Waals surface area (Å²) in [4.78, 5) is 0. The van der Waals surface area contributed by atoms with Crippen molar-refractivity contribution < 1.29 is 34.4 Å². The summed E-state index contributed by atoms with van der Waals surface area (Å²) >= 11 is -0.398. The molecule has 2 aromatic carbocycles. The molecule has 0 N–H and O–H groups in total. The average molecular weight is 363 g/mol. The summed E-state index contributed by atoms with van der Waals surface area (Å²) in [6.07, 6.45) is -4.98. The van der Waals surface area contributed by atoms with Gasteiger partial charge in [0.2, 0.25) is 0 Å². The van der Waals surface area contributed by atoms with Crippen molar-refractivity contribution in [2.24, 2.45) is 0 Å². The molecule has 0 radical (unpaired) electrons. The molecule has 4 heteroatoms. The Morgan fingerprint density at radius 2 is 1.50 bits per heavy atom. The Labute approximate surface area is 114 Å². The van der Waals surface area contributed by atoms with Crippen LogP contribution in [0.1, 0.15) is 5.56 Å². The van der Waals surface area contributed by atoms with Crippen LogP contribution in [-0.2, 0) is 6.42 Å². The van der Waals surface area contributed by atoms with E-state index in [1.807, 2.05) is 36.4 Å². The summed E-state index contributed by atoms with van der Waals surface area (Å²) in [7, 11) is 0. The molecule has 2 rings (SSSR count). The van der Waals surface area contributed by atoms with Crippen LogP contribution < -0.4 is 21.2 Å². The minimum Gasteiger partial charge on any atom is -0.171 e. The van der Waals surface area contributed by atoms with Gasteiger partial charge in [0.05, 0.1) is 6.42 Å². The molecule has 0 aliphatic rings. The van der Waals surface area contributed by atoms with Crippen molar-refractivity contribution in [3.05, 3.63) is 67.3 Å². The van der Waals surface area contributed by atoms with Crippen LogP contribution in [0.15, 0.2) is 54.6 Å². The van der Waals surface area contributed by atoms with Gasteiger partial charge in [0.15, 0.2) is 7.14 Å². The predicted molar refractivity (Wildman–Crippen MR) is 60.0 cm³/mol. The van der Waals surface area contributed by atoms with E-state index in [9.17, 15) is 13.2 Å². The topological polar surface area (TPSA) is 0 Å². The van der Waals surface area contributed by atoms with Crippen molar-refractivity contribution in [2.75, 3.05) is 0 Å². The molecule has 0 atom stereocenters. The first-order valence-corrected chi connectivity index (χ1v) is 7.54. The number of hydrogen-bond donors (Lipinski definition) is 0. The second kappa shape index (κ2) is 5.73. The van der Waals surface area contributed by atoms with Gasteiger partial charge in [-0.25, -0.2) is 0 Å². The highest BCUT2D eigenvalue weighted by atomic mass is 127. The Kier molecular flexibility index (Phi) is 4.27. The molecule has 0 fully saturated rings. The minimum atomic E-state index is -4.14. The summed E-state index contributed by atoms with van der Waals surface area (Å²) in [5.74, 6) is 0. The van der Waals surface area contributed by atoms with E-state index in [0.29, 0.717) is 5.56 Å². The van der Waals surface area contributed by atoms with Crippen LogP contribution in [0.5, 0.6) is 0 Å². The van der Waals surface area contributed by atoms with E-state index in [-0.39, 0.29) is 0 Å². The lowest BCUT2D eigenvalue weighted by molar-refractivity contribution is -0.597.